The van der Waals surface area contributed by atoms with Crippen LogP contribution in [-0.2, 0) is 9.53 Å². The molecule has 60 valence electrons. The lowest BCUT2D eigenvalue weighted by Crippen LogP contribution is -2.05. The molecule has 0 heterocycles. The van der Waals surface area contributed by atoms with Gasteiger partial charge in [0.05, 0.1) is 26.2 Å². The Morgan fingerprint density at radius 1 is 1.40 bits per heavy atom. The van der Waals surface area contributed by atoms with Crippen LogP contribution >= 0.6 is 0 Å². The molecular formula is C5H11NO4. The smallest absolute Gasteiger partial charge is 0.305 e. The van der Waals surface area contributed by atoms with Gasteiger partial charge in [-0.2, -0.15) is 6.15 Å². The zero-order valence-corrected chi connectivity index (χ0v) is 5.54. The molecule has 0 fully saturated rings. The number of aliphatic hydroxyl groups is 1. The molecule has 0 aromatic heterocycles. The summed E-state index contributed by atoms with van der Waals surface area (Å²) in [6.45, 7) is 0.336. The molecule has 0 bridgehead atoms. The number of nitrogens with one attached hydrogen (secondary N) is 1. The van der Waals surface area contributed by atoms with Crippen LogP contribution in [0.1, 0.15) is 6.42 Å². The fourth-order valence-electron chi connectivity index (χ4n) is 0.326. The van der Waals surface area contributed by atoms with Crippen molar-refractivity contribution in [3.8, 4) is 0 Å². The lowest BCUT2D eigenvalue weighted by atomic mass is 10.5. The highest BCUT2D eigenvalue weighted by Gasteiger charge is 1.94. The zero-order chi connectivity index (χ0) is 7.11. The standard InChI is InChI=1S/C5H10O4.HN/c6-2-4-9-3-1-5(7)8;/h6H,1-4H2,(H,7,8);1H. The molecule has 0 amide bonds. The monoisotopic (exact) mass is 149 g/mol. The Bertz CT molecular complexity index is 85.7. The van der Waals surface area contributed by atoms with Crippen LogP contribution in [0.3, 0.4) is 0 Å². The van der Waals surface area contributed by atoms with E-state index in [1.54, 1.807) is 0 Å². The Morgan fingerprint density at radius 3 is 2.40 bits per heavy atom. The molecule has 10 heavy (non-hydrogen) atoms. The van der Waals surface area contributed by atoms with Crippen LogP contribution < -0.4 is 6.15 Å². The molecule has 0 rings (SSSR count). The highest BCUT2D eigenvalue weighted by molar-refractivity contribution is 5.66. The fraction of sp³-hybridized carbons (Fsp3) is 0.800. The van der Waals surface area contributed by atoms with E-state index in [9.17, 15) is 4.79 Å². The number of rotatable bonds is 5. The van der Waals surface area contributed by atoms with Crippen molar-refractivity contribution in [2.24, 2.45) is 0 Å². The van der Waals surface area contributed by atoms with Crippen LogP contribution in [-0.4, -0.2) is 36.0 Å². The van der Waals surface area contributed by atoms with Gasteiger partial charge in [-0.25, -0.2) is 0 Å². The molecule has 0 spiro atoms. The summed E-state index contributed by atoms with van der Waals surface area (Å²) in [5.41, 5.74) is 0. The molecule has 5 nitrogen and oxygen atoms in total. The number of ether oxygens (including phenoxy) is 1. The number of carboxylic acid groups (broad SMARTS) is 1. The van der Waals surface area contributed by atoms with E-state index in [0.717, 1.165) is 0 Å². The largest absolute Gasteiger partial charge is 0.481 e. The molecule has 0 atom stereocenters. The van der Waals surface area contributed by atoms with Crippen LogP contribution in [0.25, 0.3) is 0 Å². The second-order valence-corrected chi connectivity index (χ2v) is 1.48. The van der Waals surface area contributed by atoms with E-state index >= 15 is 0 Å². The van der Waals surface area contributed by atoms with Gasteiger partial charge in [0, 0.05) is 0 Å². The molecule has 2 radical (unpaired) electrons. The molecular weight excluding hydrogens is 138 g/mol. The van der Waals surface area contributed by atoms with E-state index in [2.05, 4.69) is 4.74 Å². The summed E-state index contributed by atoms with van der Waals surface area (Å²) < 4.78 is 4.66. The highest BCUT2D eigenvalue weighted by Crippen LogP contribution is 1.80. The predicted octanol–water partition coefficient (Wildman–Crippen LogP) is -0.796. The first-order valence-corrected chi connectivity index (χ1v) is 2.67. The average molecular weight is 149 g/mol. The molecule has 0 saturated carbocycles. The molecule has 0 aromatic rings. The number of aliphatic hydroxyl groups excluding tert-OH is 1. The summed E-state index contributed by atoms with van der Waals surface area (Å²) in [4.78, 5) is 9.82. The number of carbonyl (C=O) groups is 1. The van der Waals surface area contributed by atoms with Crippen molar-refractivity contribution in [2.75, 3.05) is 19.8 Å². The Kier molecular flexibility index (Phi) is 10.1. The van der Waals surface area contributed by atoms with Gasteiger partial charge in [0.25, 0.3) is 0 Å². The van der Waals surface area contributed by atoms with Gasteiger partial charge < -0.3 is 14.9 Å². The van der Waals surface area contributed by atoms with Crippen molar-refractivity contribution < 1.29 is 19.7 Å². The number of aliphatic carboxylic acids is 1. The molecule has 5 heteroatoms. The van der Waals surface area contributed by atoms with Gasteiger partial charge in [0.2, 0.25) is 0 Å². The van der Waals surface area contributed by atoms with Crippen molar-refractivity contribution in [2.45, 2.75) is 6.42 Å². The van der Waals surface area contributed by atoms with Gasteiger partial charge >= 0.3 is 5.97 Å². The van der Waals surface area contributed by atoms with Gasteiger partial charge in [-0.1, -0.05) is 0 Å². The lowest BCUT2D eigenvalue weighted by Gasteiger charge is -1.96. The number of hydrogen-bond donors (Lipinski definition) is 2. The van der Waals surface area contributed by atoms with Gasteiger partial charge in [-0.15, -0.1) is 0 Å². The van der Waals surface area contributed by atoms with E-state index in [4.69, 9.17) is 10.2 Å². The number of carboxylic acids is 1. The van der Waals surface area contributed by atoms with Gasteiger partial charge in [-0.05, 0) is 0 Å². The van der Waals surface area contributed by atoms with E-state index in [0.29, 0.717) is 0 Å². The average Bonchev–Trinajstić information content (AvgIpc) is 1.80. The van der Waals surface area contributed by atoms with Crippen molar-refractivity contribution >= 4 is 5.97 Å². The summed E-state index contributed by atoms with van der Waals surface area (Å²) in [6.07, 6.45) is 0. The fourth-order valence-corrected chi connectivity index (χ4v) is 0.326. The summed E-state index contributed by atoms with van der Waals surface area (Å²) in [5.74, 6) is -0.882. The lowest BCUT2D eigenvalue weighted by molar-refractivity contribution is -0.138. The Balaban J connectivity index is 0. The molecule has 3 N–H and O–H groups in total. The number of hydrogen-bond acceptors (Lipinski definition) is 3. The second kappa shape index (κ2) is 8.35. The zero-order valence-electron chi connectivity index (χ0n) is 5.54. The summed E-state index contributed by atoms with van der Waals surface area (Å²) in [6, 6.07) is 0. The normalized spacial score (nSPS) is 8.50. The molecule has 0 aliphatic heterocycles. The highest BCUT2D eigenvalue weighted by atomic mass is 16.5. The minimum atomic E-state index is -0.882. The first-order chi connectivity index (χ1) is 4.27. The Morgan fingerprint density at radius 2 is 2.00 bits per heavy atom. The van der Waals surface area contributed by atoms with Gasteiger partial charge in [0.15, 0.2) is 0 Å². The third-order valence-electron chi connectivity index (χ3n) is 0.696. The first kappa shape index (κ1) is 12.1. The Labute approximate surface area is 59.2 Å². The minimum absolute atomic E-state index is 0. The van der Waals surface area contributed by atoms with Crippen LogP contribution in [0.4, 0.5) is 0 Å². The molecule has 0 saturated heterocycles. The Hall–Kier alpha value is -0.650. The topological polar surface area (TPSA) is 98.8 Å². The molecule has 0 aliphatic carbocycles. The second-order valence-electron chi connectivity index (χ2n) is 1.48. The quantitative estimate of drug-likeness (QED) is 0.500. The van der Waals surface area contributed by atoms with Gasteiger partial charge in [0.1, 0.15) is 0 Å². The minimum Gasteiger partial charge on any atom is -0.481 e. The molecule has 0 unspecified atom stereocenters. The third-order valence-corrected chi connectivity index (χ3v) is 0.696. The van der Waals surface area contributed by atoms with Crippen LogP contribution in [0, 0.1) is 0 Å². The van der Waals surface area contributed by atoms with E-state index < -0.39 is 5.97 Å². The van der Waals surface area contributed by atoms with Crippen molar-refractivity contribution in [1.82, 2.24) is 6.15 Å². The maximum atomic E-state index is 9.82. The van der Waals surface area contributed by atoms with Crippen LogP contribution in [0.2, 0.25) is 0 Å². The van der Waals surface area contributed by atoms with Gasteiger partial charge in [-0.3, -0.25) is 4.79 Å². The van der Waals surface area contributed by atoms with E-state index in [1.807, 2.05) is 0 Å². The first-order valence-electron chi connectivity index (χ1n) is 2.67. The third kappa shape index (κ3) is 10.4. The predicted molar refractivity (Wildman–Crippen MR) is 33.3 cm³/mol. The van der Waals surface area contributed by atoms with Crippen molar-refractivity contribution in [1.29, 1.82) is 0 Å². The maximum Gasteiger partial charge on any atom is 0.305 e. The SMILES string of the molecule is O=C(O)CCOCCO.[NH]. The van der Waals surface area contributed by atoms with Crippen LogP contribution in [0.15, 0.2) is 0 Å². The summed E-state index contributed by atoms with van der Waals surface area (Å²) in [7, 11) is 0. The van der Waals surface area contributed by atoms with E-state index in [1.165, 1.54) is 0 Å². The molecule has 0 aromatic carbocycles. The molecule has 0 aliphatic rings. The summed E-state index contributed by atoms with van der Waals surface area (Å²) >= 11 is 0. The van der Waals surface area contributed by atoms with E-state index in [-0.39, 0.29) is 32.4 Å². The van der Waals surface area contributed by atoms with Crippen LogP contribution in [0.5, 0.6) is 0 Å². The maximum absolute atomic E-state index is 9.82. The summed E-state index contributed by atoms with van der Waals surface area (Å²) in [5, 5.41) is 16.2. The van der Waals surface area contributed by atoms with Crippen molar-refractivity contribution in [3.63, 3.8) is 0 Å². The van der Waals surface area contributed by atoms with Crippen molar-refractivity contribution in [3.05, 3.63) is 0 Å².